The molecule has 0 spiro atoms. The van der Waals surface area contributed by atoms with Crippen LogP contribution in [0.4, 0.5) is 10.1 Å². The Morgan fingerprint density at radius 3 is 2.45 bits per heavy atom. The Morgan fingerprint density at radius 2 is 1.76 bits per heavy atom. The third kappa shape index (κ3) is 5.84. The molecule has 2 aromatic carbocycles. The molecule has 1 heterocycles. The SMILES string of the molecule is Nc1cnccc1CC(=O)c1ccc(CNC(=O)/C=C/c2ccc(F)cc2)cc1. The van der Waals surface area contributed by atoms with Gasteiger partial charge in [0.05, 0.1) is 11.9 Å². The maximum Gasteiger partial charge on any atom is 0.244 e. The van der Waals surface area contributed by atoms with E-state index in [-0.39, 0.29) is 23.9 Å². The highest BCUT2D eigenvalue weighted by atomic mass is 19.1. The fourth-order valence-electron chi connectivity index (χ4n) is 2.67. The molecule has 0 aliphatic heterocycles. The summed E-state index contributed by atoms with van der Waals surface area (Å²) in [5.41, 5.74) is 9.25. The standard InChI is InChI=1S/C23H20FN3O2/c24-20-8-3-16(4-9-20)5-10-23(29)27-14-17-1-6-18(7-2-17)22(28)13-19-11-12-26-15-21(19)25/h1-12,15H,13-14,25H2,(H,27,29)/b10-5+. The van der Waals surface area contributed by atoms with E-state index >= 15 is 0 Å². The third-order valence-electron chi connectivity index (χ3n) is 4.34. The lowest BCUT2D eigenvalue weighted by molar-refractivity contribution is -0.116. The Labute approximate surface area is 168 Å². The number of hydrogen-bond acceptors (Lipinski definition) is 4. The van der Waals surface area contributed by atoms with Crippen molar-refractivity contribution in [3.63, 3.8) is 0 Å². The van der Waals surface area contributed by atoms with Gasteiger partial charge in [0, 0.05) is 30.8 Å². The number of nitrogens with one attached hydrogen (secondary N) is 1. The van der Waals surface area contributed by atoms with Gasteiger partial charge in [0.15, 0.2) is 5.78 Å². The van der Waals surface area contributed by atoms with Crippen molar-refractivity contribution >= 4 is 23.5 Å². The zero-order valence-corrected chi connectivity index (χ0v) is 15.6. The average molecular weight is 389 g/mol. The van der Waals surface area contributed by atoms with Gasteiger partial charge in [0.25, 0.3) is 0 Å². The summed E-state index contributed by atoms with van der Waals surface area (Å²) in [6, 6.07) is 14.7. The molecule has 1 aromatic heterocycles. The smallest absolute Gasteiger partial charge is 0.244 e. The fraction of sp³-hybridized carbons (Fsp3) is 0.0870. The number of hydrogen-bond donors (Lipinski definition) is 2. The Bertz CT molecular complexity index is 1030. The summed E-state index contributed by atoms with van der Waals surface area (Å²) in [5, 5.41) is 2.77. The van der Waals surface area contributed by atoms with E-state index in [0.29, 0.717) is 17.8 Å². The number of halogens is 1. The van der Waals surface area contributed by atoms with E-state index < -0.39 is 0 Å². The number of nitrogen functional groups attached to an aromatic ring is 1. The number of nitrogens with two attached hydrogens (primary N) is 1. The van der Waals surface area contributed by atoms with Crippen LogP contribution in [0.25, 0.3) is 6.08 Å². The molecule has 0 aliphatic rings. The lowest BCUT2D eigenvalue weighted by atomic mass is 10.0. The van der Waals surface area contributed by atoms with E-state index in [1.165, 1.54) is 24.4 Å². The second-order valence-corrected chi connectivity index (χ2v) is 6.47. The quantitative estimate of drug-likeness (QED) is 0.478. The third-order valence-corrected chi connectivity index (χ3v) is 4.34. The van der Waals surface area contributed by atoms with Crippen molar-refractivity contribution < 1.29 is 14.0 Å². The average Bonchev–Trinajstić information content (AvgIpc) is 2.74. The van der Waals surface area contributed by atoms with Crippen LogP contribution in [-0.4, -0.2) is 16.7 Å². The summed E-state index contributed by atoms with van der Waals surface area (Å²) in [5.74, 6) is -0.624. The Hall–Kier alpha value is -3.80. The van der Waals surface area contributed by atoms with Crippen LogP contribution in [0.5, 0.6) is 0 Å². The molecule has 29 heavy (non-hydrogen) atoms. The molecule has 1 amide bonds. The van der Waals surface area contributed by atoms with Crippen molar-refractivity contribution in [2.75, 3.05) is 5.73 Å². The van der Waals surface area contributed by atoms with Gasteiger partial charge in [-0.2, -0.15) is 0 Å². The number of carbonyl (C=O) groups is 2. The van der Waals surface area contributed by atoms with E-state index in [9.17, 15) is 14.0 Å². The topological polar surface area (TPSA) is 85.1 Å². The van der Waals surface area contributed by atoms with Crippen molar-refractivity contribution in [3.8, 4) is 0 Å². The minimum absolute atomic E-state index is 0.0410. The second kappa shape index (κ2) is 9.41. The van der Waals surface area contributed by atoms with Crippen molar-refractivity contribution in [1.82, 2.24) is 10.3 Å². The van der Waals surface area contributed by atoms with Gasteiger partial charge in [0.2, 0.25) is 5.91 Å². The van der Waals surface area contributed by atoms with Crippen molar-refractivity contribution in [2.24, 2.45) is 0 Å². The zero-order chi connectivity index (χ0) is 20.6. The molecule has 3 rings (SSSR count). The number of ketones is 1. The second-order valence-electron chi connectivity index (χ2n) is 6.47. The predicted octanol–water partition coefficient (Wildman–Crippen LogP) is 3.56. The van der Waals surface area contributed by atoms with Gasteiger partial charge in [-0.25, -0.2) is 4.39 Å². The zero-order valence-electron chi connectivity index (χ0n) is 15.6. The van der Waals surface area contributed by atoms with E-state index in [0.717, 1.165) is 16.7 Å². The first-order chi connectivity index (χ1) is 14.0. The number of anilines is 1. The van der Waals surface area contributed by atoms with Crippen LogP contribution in [0.1, 0.15) is 27.0 Å². The van der Waals surface area contributed by atoms with E-state index in [4.69, 9.17) is 5.73 Å². The maximum absolute atomic E-state index is 12.9. The number of pyridine rings is 1. The van der Waals surface area contributed by atoms with Gasteiger partial charge >= 0.3 is 0 Å². The van der Waals surface area contributed by atoms with E-state index in [1.807, 2.05) is 0 Å². The lowest BCUT2D eigenvalue weighted by Gasteiger charge is -2.06. The molecule has 146 valence electrons. The highest BCUT2D eigenvalue weighted by Gasteiger charge is 2.09. The van der Waals surface area contributed by atoms with Gasteiger partial charge in [-0.15, -0.1) is 0 Å². The summed E-state index contributed by atoms with van der Waals surface area (Å²) in [6.45, 7) is 0.332. The van der Waals surface area contributed by atoms with Crippen LogP contribution in [0, 0.1) is 5.82 Å². The number of aromatic nitrogens is 1. The predicted molar refractivity (Wildman–Crippen MR) is 110 cm³/mol. The minimum atomic E-state index is -0.322. The molecule has 0 aliphatic carbocycles. The number of amides is 1. The first-order valence-corrected chi connectivity index (χ1v) is 9.03. The lowest BCUT2D eigenvalue weighted by Crippen LogP contribution is -2.20. The molecular weight excluding hydrogens is 369 g/mol. The van der Waals surface area contributed by atoms with E-state index in [1.54, 1.807) is 54.7 Å². The molecule has 0 saturated heterocycles. The summed E-state index contributed by atoms with van der Waals surface area (Å²) in [4.78, 5) is 28.2. The molecule has 0 fully saturated rings. The maximum atomic E-state index is 12.9. The van der Waals surface area contributed by atoms with Gasteiger partial charge in [0.1, 0.15) is 5.82 Å². The summed E-state index contributed by atoms with van der Waals surface area (Å²) >= 11 is 0. The molecule has 0 unspecified atom stereocenters. The summed E-state index contributed by atoms with van der Waals surface area (Å²) < 4.78 is 12.9. The first kappa shape index (κ1) is 19.9. The molecule has 0 radical (unpaired) electrons. The molecular formula is C23H20FN3O2. The number of carbonyl (C=O) groups excluding carboxylic acids is 2. The van der Waals surface area contributed by atoms with Crippen LogP contribution in [0.3, 0.4) is 0 Å². The van der Waals surface area contributed by atoms with Crippen molar-refractivity contribution in [2.45, 2.75) is 13.0 Å². The van der Waals surface area contributed by atoms with Crippen LogP contribution in [-0.2, 0) is 17.8 Å². The van der Waals surface area contributed by atoms with Gasteiger partial charge in [-0.05, 0) is 41.0 Å². The minimum Gasteiger partial charge on any atom is -0.397 e. The molecule has 6 heteroatoms. The number of Topliss-reactive ketones (excluding diaryl/α,β-unsaturated/α-hetero) is 1. The summed E-state index contributed by atoms with van der Waals surface area (Å²) in [7, 11) is 0. The molecule has 0 atom stereocenters. The fourth-order valence-corrected chi connectivity index (χ4v) is 2.67. The number of benzene rings is 2. The van der Waals surface area contributed by atoms with Crippen LogP contribution in [0.15, 0.2) is 73.1 Å². The summed E-state index contributed by atoms with van der Waals surface area (Å²) in [6.07, 6.45) is 6.35. The van der Waals surface area contributed by atoms with Gasteiger partial charge in [-0.1, -0.05) is 36.4 Å². The molecule has 3 N–H and O–H groups in total. The van der Waals surface area contributed by atoms with Crippen LogP contribution < -0.4 is 11.1 Å². The molecule has 0 saturated carbocycles. The normalized spacial score (nSPS) is 10.8. The van der Waals surface area contributed by atoms with E-state index in [2.05, 4.69) is 10.3 Å². The monoisotopic (exact) mass is 389 g/mol. The largest absolute Gasteiger partial charge is 0.397 e. The van der Waals surface area contributed by atoms with Crippen molar-refractivity contribution in [3.05, 3.63) is 101 Å². The van der Waals surface area contributed by atoms with Gasteiger partial charge < -0.3 is 11.1 Å². The Balaban J connectivity index is 1.52. The number of rotatable bonds is 7. The Morgan fingerprint density at radius 1 is 1.03 bits per heavy atom. The Kier molecular flexibility index (Phi) is 6.47. The van der Waals surface area contributed by atoms with Gasteiger partial charge in [-0.3, -0.25) is 14.6 Å². The van der Waals surface area contributed by atoms with Crippen molar-refractivity contribution in [1.29, 1.82) is 0 Å². The molecule has 3 aromatic rings. The number of nitrogens with zero attached hydrogens (tertiary/aromatic N) is 1. The molecule has 5 nitrogen and oxygen atoms in total. The highest BCUT2D eigenvalue weighted by molar-refractivity contribution is 5.98. The first-order valence-electron chi connectivity index (χ1n) is 9.03. The van der Waals surface area contributed by atoms with Crippen LogP contribution >= 0.6 is 0 Å². The van der Waals surface area contributed by atoms with Crippen LogP contribution in [0.2, 0.25) is 0 Å². The highest BCUT2D eigenvalue weighted by Crippen LogP contribution is 2.14. The molecule has 0 bridgehead atoms.